The Kier molecular flexibility index (Phi) is 6.94. The molecule has 0 fully saturated rings. The second kappa shape index (κ2) is 10.0. The molecule has 170 valence electrons. The van der Waals surface area contributed by atoms with Crippen LogP contribution in [0.2, 0.25) is 0 Å². The van der Waals surface area contributed by atoms with Crippen LogP contribution in [0.1, 0.15) is 25.3 Å². The molecule has 33 heavy (non-hydrogen) atoms. The first-order valence-electron chi connectivity index (χ1n) is 11.2. The summed E-state index contributed by atoms with van der Waals surface area (Å²) in [6, 6.07) is 25.7. The summed E-state index contributed by atoms with van der Waals surface area (Å²) < 4.78 is 28.5. The molecule has 0 aliphatic heterocycles. The van der Waals surface area contributed by atoms with Gasteiger partial charge < -0.3 is 9.47 Å². The number of para-hydroxylation sites is 1. The van der Waals surface area contributed by atoms with Crippen LogP contribution in [0.5, 0.6) is 0 Å². The molecule has 0 saturated heterocycles. The van der Waals surface area contributed by atoms with E-state index in [1.165, 1.54) is 0 Å². The van der Waals surface area contributed by atoms with Crippen molar-refractivity contribution in [1.29, 1.82) is 0 Å². The van der Waals surface area contributed by atoms with Gasteiger partial charge >= 0.3 is 0 Å². The van der Waals surface area contributed by atoms with Crippen molar-refractivity contribution in [2.24, 2.45) is 0 Å². The Hall–Kier alpha value is -3.38. The average molecular weight is 461 g/mol. The minimum Gasteiger partial charge on any atom is -0.337 e. The predicted molar refractivity (Wildman–Crippen MR) is 131 cm³/mol. The van der Waals surface area contributed by atoms with Gasteiger partial charge in [0.2, 0.25) is 15.7 Å². The van der Waals surface area contributed by atoms with Crippen LogP contribution in [-0.2, 0) is 27.7 Å². The number of carbonyl (C=O) groups is 1. The van der Waals surface area contributed by atoms with Crippen LogP contribution in [-0.4, -0.2) is 30.3 Å². The van der Waals surface area contributed by atoms with Gasteiger partial charge in [0.25, 0.3) is 0 Å². The zero-order valence-electron chi connectivity index (χ0n) is 18.7. The number of amides is 1. The van der Waals surface area contributed by atoms with Gasteiger partial charge in [-0.25, -0.2) is 8.42 Å². The minimum absolute atomic E-state index is 0.0308. The lowest BCUT2D eigenvalue weighted by Gasteiger charge is -2.23. The fraction of sp³-hybridized carbons (Fsp3) is 0.222. The molecule has 0 radical (unpaired) electrons. The maximum Gasteiger partial charge on any atom is 0.242 e. The smallest absolute Gasteiger partial charge is 0.242 e. The lowest BCUT2D eigenvalue weighted by atomic mass is 10.2. The van der Waals surface area contributed by atoms with E-state index in [2.05, 4.69) is 6.92 Å². The normalized spacial score (nSPS) is 11.5. The molecular weight excluding hydrogens is 432 g/mol. The van der Waals surface area contributed by atoms with Gasteiger partial charge in [0.15, 0.2) is 0 Å². The van der Waals surface area contributed by atoms with E-state index in [-0.39, 0.29) is 22.2 Å². The number of hydrogen-bond donors (Lipinski definition) is 0. The highest BCUT2D eigenvalue weighted by Gasteiger charge is 2.24. The number of benzene rings is 3. The SMILES string of the molecule is CCCCN(Cc1ccccc1)C(=O)Cn1cc(S(=O)(=O)c2ccccc2)c2ccccc21. The number of hydrogen-bond acceptors (Lipinski definition) is 3. The largest absolute Gasteiger partial charge is 0.337 e. The number of sulfone groups is 1. The molecule has 1 aromatic heterocycles. The van der Waals surface area contributed by atoms with Crippen molar-refractivity contribution in [3.8, 4) is 0 Å². The number of aromatic nitrogens is 1. The molecule has 5 nitrogen and oxygen atoms in total. The molecule has 3 aromatic carbocycles. The zero-order chi connectivity index (χ0) is 23.3. The second-order valence-corrected chi connectivity index (χ2v) is 10.0. The Morgan fingerprint density at radius 2 is 1.52 bits per heavy atom. The summed E-state index contributed by atoms with van der Waals surface area (Å²) in [6.07, 6.45) is 3.51. The molecule has 0 saturated carbocycles. The van der Waals surface area contributed by atoms with Crippen molar-refractivity contribution >= 4 is 26.6 Å². The summed E-state index contributed by atoms with van der Waals surface area (Å²) in [7, 11) is -3.71. The van der Waals surface area contributed by atoms with Crippen LogP contribution in [0.3, 0.4) is 0 Å². The van der Waals surface area contributed by atoms with Gasteiger partial charge in [-0.3, -0.25) is 4.79 Å². The lowest BCUT2D eigenvalue weighted by molar-refractivity contribution is -0.132. The lowest BCUT2D eigenvalue weighted by Crippen LogP contribution is -2.34. The number of rotatable bonds is 9. The topological polar surface area (TPSA) is 59.4 Å². The highest BCUT2D eigenvalue weighted by Crippen LogP contribution is 2.30. The predicted octanol–water partition coefficient (Wildman–Crippen LogP) is 5.30. The molecule has 1 heterocycles. The minimum atomic E-state index is -3.71. The molecule has 6 heteroatoms. The Labute approximate surface area is 195 Å². The molecule has 0 unspecified atom stereocenters. The van der Waals surface area contributed by atoms with Crippen molar-refractivity contribution < 1.29 is 13.2 Å². The fourth-order valence-electron chi connectivity index (χ4n) is 3.98. The summed E-state index contributed by atoms with van der Waals surface area (Å²) >= 11 is 0. The molecule has 1 amide bonds. The maximum absolute atomic E-state index is 13.4. The van der Waals surface area contributed by atoms with E-state index in [0.717, 1.165) is 23.9 Å². The van der Waals surface area contributed by atoms with Crippen LogP contribution in [0.4, 0.5) is 0 Å². The van der Waals surface area contributed by atoms with E-state index in [1.54, 1.807) is 47.2 Å². The first-order valence-corrected chi connectivity index (χ1v) is 12.7. The van der Waals surface area contributed by atoms with Crippen LogP contribution < -0.4 is 0 Å². The second-order valence-electron chi connectivity index (χ2n) is 8.11. The molecule has 0 N–H and O–H groups in total. The fourth-order valence-corrected chi connectivity index (χ4v) is 5.47. The summed E-state index contributed by atoms with van der Waals surface area (Å²) in [4.78, 5) is 15.7. The van der Waals surface area contributed by atoms with Crippen molar-refractivity contribution in [3.05, 3.63) is 96.7 Å². The third kappa shape index (κ3) is 5.01. The Balaban J connectivity index is 1.67. The van der Waals surface area contributed by atoms with Crippen LogP contribution in [0.15, 0.2) is 101 Å². The average Bonchev–Trinajstić information content (AvgIpc) is 3.22. The first-order chi connectivity index (χ1) is 16.0. The number of fused-ring (bicyclic) bond motifs is 1. The van der Waals surface area contributed by atoms with E-state index in [1.807, 2.05) is 53.4 Å². The summed E-state index contributed by atoms with van der Waals surface area (Å²) in [6.45, 7) is 3.39. The van der Waals surface area contributed by atoms with Crippen molar-refractivity contribution in [3.63, 3.8) is 0 Å². The van der Waals surface area contributed by atoms with Gasteiger partial charge in [-0.1, -0.05) is 80.1 Å². The highest BCUT2D eigenvalue weighted by atomic mass is 32.2. The van der Waals surface area contributed by atoms with E-state index in [0.29, 0.717) is 18.5 Å². The molecule has 0 aliphatic rings. The Bertz CT molecular complexity index is 1330. The van der Waals surface area contributed by atoms with E-state index < -0.39 is 9.84 Å². The van der Waals surface area contributed by atoms with Crippen LogP contribution >= 0.6 is 0 Å². The molecule has 0 bridgehead atoms. The monoisotopic (exact) mass is 460 g/mol. The quantitative estimate of drug-likeness (QED) is 0.340. The first kappa shape index (κ1) is 22.8. The third-order valence-corrected chi connectivity index (χ3v) is 7.55. The Morgan fingerprint density at radius 1 is 0.879 bits per heavy atom. The molecule has 4 rings (SSSR count). The van der Waals surface area contributed by atoms with E-state index in [9.17, 15) is 13.2 Å². The highest BCUT2D eigenvalue weighted by molar-refractivity contribution is 7.91. The number of nitrogens with zero attached hydrogens (tertiary/aromatic N) is 2. The summed E-state index contributed by atoms with van der Waals surface area (Å²) in [5.41, 5.74) is 1.81. The Morgan fingerprint density at radius 3 is 2.21 bits per heavy atom. The van der Waals surface area contributed by atoms with Crippen molar-refractivity contribution in [2.45, 2.75) is 42.6 Å². The molecule has 0 aliphatic carbocycles. The number of unbranched alkanes of at least 4 members (excludes halogenated alkanes) is 1. The standard InChI is InChI=1S/C27H28N2O3S/c1-2-3-18-28(19-22-12-6-4-7-13-22)27(30)21-29-20-26(24-16-10-11-17-25(24)29)33(31,32)23-14-8-5-9-15-23/h4-17,20H,2-3,18-19,21H2,1H3. The molecular formula is C27H28N2O3S. The van der Waals surface area contributed by atoms with Crippen LogP contribution in [0, 0.1) is 0 Å². The van der Waals surface area contributed by atoms with Crippen molar-refractivity contribution in [1.82, 2.24) is 9.47 Å². The summed E-state index contributed by atoms with van der Waals surface area (Å²) in [5, 5.41) is 0.623. The third-order valence-electron chi connectivity index (χ3n) is 5.75. The summed E-state index contributed by atoms with van der Waals surface area (Å²) in [5.74, 6) is -0.0308. The van der Waals surface area contributed by atoms with Gasteiger partial charge in [-0.05, 0) is 30.2 Å². The van der Waals surface area contributed by atoms with Gasteiger partial charge in [0.1, 0.15) is 6.54 Å². The van der Waals surface area contributed by atoms with Crippen molar-refractivity contribution in [2.75, 3.05) is 6.54 Å². The zero-order valence-corrected chi connectivity index (χ0v) is 19.5. The van der Waals surface area contributed by atoms with Gasteiger partial charge in [-0.2, -0.15) is 0 Å². The number of carbonyl (C=O) groups excluding carboxylic acids is 1. The van der Waals surface area contributed by atoms with Gasteiger partial charge in [0.05, 0.1) is 9.79 Å². The van der Waals surface area contributed by atoms with Crippen LogP contribution in [0.25, 0.3) is 10.9 Å². The molecule has 0 spiro atoms. The molecule has 4 aromatic rings. The van der Waals surface area contributed by atoms with E-state index >= 15 is 0 Å². The van der Waals surface area contributed by atoms with Gasteiger partial charge in [-0.15, -0.1) is 0 Å². The molecule has 0 atom stereocenters. The van der Waals surface area contributed by atoms with Gasteiger partial charge in [0, 0.05) is 30.2 Å². The van der Waals surface area contributed by atoms with E-state index in [4.69, 9.17) is 0 Å². The maximum atomic E-state index is 13.4.